The Labute approximate surface area is 176 Å². The van der Waals surface area contributed by atoms with Crippen LogP contribution in [-0.4, -0.2) is 62.5 Å². The molecule has 0 aromatic heterocycles. The number of piperidine rings is 1. The van der Waals surface area contributed by atoms with Gasteiger partial charge in [0.05, 0.1) is 25.8 Å². The van der Waals surface area contributed by atoms with Crippen LogP contribution in [0.25, 0.3) is 0 Å². The number of nitrogens with zero attached hydrogens (tertiary/aromatic N) is 2. The number of anilines is 1. The van der Waals surface area contributed by atoms with Crippen molar-refractivity contribution in [1.82, 2.24) is 10.2 Å². The van der Waals surface area contributed by atoms with Gasteiger partial charge in [-0.3, -0.25) is 14.4 Å². The van der Waals surface area contributed by atoms with Crippen molar-refractivity contribution in [3.05, 3.63) is 18.2 Å². The molecule has 8 nitrogen and oxygen atoms in total. The van der Waals surface area contributed by atoms with Gasteiger partial charge < -0.3 is 24.6 Å². The van der Waals surface area contributed by atoms with Crippen LogP contribution in [0.15, 0.2) is 18.2 Å². The van der Waals surface area contributed by atoms with Gasteiger partial charge in [0.15, 0.2) is 0 Å². The molecule has 1 aromatic carbocycles. The first kappa shape index (κ1) is 20.5. The van der Waals surface area contributed by atoms with Gasteiger partial charge in [0, 0.05) is 44.1 Å². The molecule has 162 valence electrons. The van der Waals surface area contributed by atoms with Crippen molar-refractivity contribution >= 4 is 23.4 Å². The summed E-state index contributed by atoms with van der Waals surface area (Å²) in [5, 5.41) is 3.10. The molecule has 1 atom stereocenters. The maximum absolute atomic E-state index is 12.8. The Morgan fingerprint density at radius 3 is 2.40 bits per heavy atom. The van der Waals surface area contributed by atoms with Crippen molar-refractivity contribution < 1.29 is 23.9 Å². The van der Waals surface area contributed by atoms with Gasteiger partial charge in [0.25, 0.3) is 0 Å². The summed E-state index contributed by atoms with van der Waals surface area (Å²) in [6.45, 7) is 1.70. The Morgan fingerprint density at radius 2 is 1.77 bits per heavy atom. The van der Waals surface area contributed by atoms with Crippen LogP contribution in [-0.2, 0) is 14.4 Å². The second-order valence-electron chi connectivity index (χ2n) is 8.33. The molecule has 3 aliphatic rings. The van der Waals surface area contributed by atoms with E-state index < -0.39 is 5.92 Å². The molecular formula is C22H29N3O5. The quantitative estimate of drug-likeness (QED) is 0.762. The predicted octanol–water partition coefficient (Wildman–Crippen LogP) is 1.57. The lowest BCUT2D eigenvalue weighted by Crippen LogP contribution is -2.48. The van der Waals surface area contributed by atoms with Crippen LogP contribution >= 0.6 is 0 Å². The second kappa shape index (κ2) is 8.53. The van der Waals surface area contributed by atoms with Gasteiger partial charge in [-0.25, -0.2) is 0 Å². The van der Waals surface area contributed by atoms with Crippen LogP contribution in [0, 0.1) is 11.8 Å². The van der Waals surface area contributed by atoms with Crippen molar-refractivity contribution in [2.45, 2.75) is 38.1 Å². The number of methoxy groups -OCH3 is 2. The number of nitrogens with one attached hydrogen (secondary N) is 1. The SMILES string of the molecule is COc1ccc(OC)c(N2C[C@H](C(=O)NC3CCN(C(=O)C4CC4)CC3)CC2=O)c1. The van der Waals surface area contributed by atoms with E-state index in [2.05, 4.69) is 5.32 Å². The van der Waals surface area contributed by atoms with Crippen LogP contribution in [0.5, 0.6) is 11.5 Å². The number of likely N-dealkylation sites (tertiary alicyclic amines) is 1. The van der Waals surface area contributed by atoms with E-state index in [1.54, 1.807) is 37.3 Å². The molecule has 0 radical (unpaired) electrons. The van der Waals surface area contributed by atoms with E-state index in [0.29, 0.717) is 36.8 Å². The van der Waals surface area contributed by atoms with Gasteiger partial charge in [-0.1, -0.05) is 0 Å². The molecule has 8 heteroatoms. The number of hydrogen-bond donors (Lipinski definition) is 1. The maximum atomic E-state index is 12.8. The van der Waals surface area contributed by atoms with Gasteiger partial charge in [-0.15, -0.1) is 0 Å². The van der Waals surface area contributed by atoms with E-state index in [9.17, 15) is 14.4 Å². The van der Waals surface area contributed by atoms with Crippen molar-refractivity contribution in [2.24, 2.45) is 11.8 Å². The summed E-state index contributed by atoms with van der Waals surface area (Å²) in [6.07, 6.45) is 3.72. The summed E-state index contributed by atoms with van der Waals surface area (Å²) in [5.74, 6) is 1.09. The first-order valence-corrected chi connectivity index (χ1v) is 10.6. The molecule has 0 unspecified atom stereocenters. The molecular weight excluding hydrogens is 386 g/mol. The molecule has 1 aromatic rings. The average Bonchev–Trinajstić information content (AvgIpc) is 3.54. The number of ether oxygens (including phenoxy) is 2. The lowest BCUT2D eigenvalue weighted by molar-refractivity contribution is -0.134. The van der Waals surface area contributed by atoms with Crippen LogP contribution in [0.2, 0.25) is 0 Å². The fraction of sp³-hybridized carbons (Fsp3) is 0.591. The highest BCUT2D eigenvalue weighted by Gasteiger charge is 2.38. The summed E-state index contributed by atoms with van der Waals surface area (Å²) < 4.78 is 10.7. The number of hydrogen-bond acceptors (Lipinski definition) is 5. The number of amides is 3. The molecule has 2 saturated heterocycles. The lowest BCUT2D eigenvalue weighted by atomic mass is 10.0. The second-order valence-corrected chi connectivity index (χ2v) is 8.33. The highest BCUT2D eigenvalue weighted by Crippen LogP contribution is 2.36. The standard InChI is InChI=1S/C22H29N3O5/c1-29-17-5-6-19(30-2)18(12-17)25-13-15(11-20(25)26)21(27)23-16-7-9-24(10-8-16)22(28)14-3-4-14/h5-6,12,14-16H,3-4,7-11,13H2,1-2H3,(H,23,27)/t15-/m1/s1. The third-order valence-electron chi connectivity index (χ3n) is 6.25. The smallest absolute Gasteiger partial charge is 0.227 e. The van der Waals surface area contributed by atoms with Crippen LogP contribution in [0.3, 0.4) is 0 Å². The van der Waals surface area contributed by atoms with E-state index in [4.69, 9.17) is 9.47 Å². The molecule has 3 amide bonds. The van der Waals surface area contributed by atoms with E-state index >= 15 is 0 Å². The van der Waals surface area contributed by atoms with Crippen LogP contribution in [0.4, 0.5) is 5.69 Å². The van der Waals surface area contributed by atoms with Crippen LogP contribution in [0.1, 0.15) is 32.1 Å². The van der Waals surface area contributed by atoms with Gasteiger partial charge in [0.2, 0.25) is 17.7 Å². The third-order valence-corrected chi connectivity index (χ3v) is 6.25. The molecule has 1 saturated carbocycles. The van der Waals surface area contributed by atoms with Crippen LogP contribution < -0.4 is 19.7 Å². The normalized spacial score (nSPS) is 22.2. The van der Waals surface area contributed by atoms with Gasteiger partial charge >= 0.3 is 0 Å². The van der Waals surface area contributed by atoms with E-state index in [1.165, 1.54) is 0 Å². The van der Waals surface area contributed by atoms with Gasteiger partial charge in [0.1, 0.15) is 11.5 Å². The molecule has 30 heavy (non-hydrogen) atoms. The van der Waals surface area contributed by atoms with Gasteiger partial charge in [-0.05, 0) is 37.8 Å². The molecule has 0 spiro atoms. The molecule has 4 rings (SSSR count). The Balaban J connectivity index is 1.34. The largest absolute Gasteiger partial charge is 0.497 e. The fourth-order valence-corrected chi connectivity index (χ4v) is 4.28. The molecule has 2 aliphatic heterocycles. The number of carbonyl (C=O) groups is 3. The predicted molar refractivity (Wildman–Crippen MR) is 110 cm³/mol. The molecule has 3 fully saturated rings. The first-order valence-electron chi connectivity index (χ1n) is 10.6. The highest BCUT2D eigenvalue weighted by atomic mass is 16.5. The Morgan fingerprint density at radius 1 is 1.03 bits per heavy atom. The highest BCUT2D eigenvalue weighted by molar-refractivity contribution is 6.01. The average molecular weight is 415 g/mol. The van der Waals surface area contributed by atoms with Crippen molar-refractivity contribution in [1.29, 1.82) is 0 Å². The lowest BCUT2D eigenvalue weighted by Gasteiger charge is -2.33. The van der Waals surface area contributed by atoms with E-state index in [1.807, 2.05) is 4.90 Å². The zero-order valence-corrected chi connectivity index (χ0v) is 17.6. The first-order chi connectivity index (χ1) is 14.5. The molecule has 2 heterocycles. The molecule has 1 aliphatic carbocycles. The Hall–Kier alpha value is -2.77. The monoisotopic (exact) mass is 415 g/mol. The summed E-state index contributed by atoms with van der Waals surface area (Å²) in [5.41, 5.74) is 0.615. The topological polar surface area (TPSA) is 88.2 Å². The van der Waals surface area contributed by atoms with Crippen molar-refractivity contribution in [2.75, 3.05) is 38.8 Å². The number of rotatable bonds is 6. The van der Waals surface area contributed by atoms with Gasteiger partial charge in [-0.2, -0.15) is 0 Å². The summed E-state index contributed by atoms with van der Waals surface area (Å²) >= 11 is 0. The molecule has 0 bridgehead atoms. The fourth-order valence-electron chi connectivity index (χ4n) is 4.28. The summed E-state index contributed by atoms with van der Waals surface area (Å²) in [7, 11) is 3.12. The van der Waals surface area contributed by atoms with E-state index in [0.717, 1.165) is 25.7 Å². The minimum Gasteiger partial charge on any atom is -0.497 e. The number of carbonyl (C=O) groups excluding carboxylic acids is 3. The summed E-state index contributed by atoms with van der Waals surface area (Å²) in [6, 6.07) is 5.33. The van der Waals surface area contributed by atoms with Crippen molar-refractivity contribution in [3.63, 3.8) is 0 Å². The van der Waals surface area contributed by atoms with Crippen molar-refractivity contribution in [3.8, 4) is 11.5 Å². The van der Waals surface area contributed by atoms with E-state index in [-0.39, 0.29) is 36.1 Å². The summed E-state index contributed by atoms with van der Waals surface area (Å²) in [4.78, 5) is 41.2. The molecule has 1 N–H and O–H groups in total. The maximum Gasteiger partial charge on any atom is 0.227 e. The number of benzene rings is 1. The third kappa shape index (κ3) is 4.22. The Kier molecular flexibility index (Phi) is 5.83. The Bertz CT molecular complexity index is 830. The zero-order valence-electron chi connectivity index (χ0n) is 17.6. The minimum absolute atomic E-state index is 0.0521. The zero-order chi connectivity index (χ0) is 21.3. The minimum atomic E-state index is -0.403.